The fourth-order valence-corrected chi connectivity index (χ4v) is 3.69. The summed E-state index contributed by atoms with van der Waals surface area (Å²) in [6.45, 7) is 2.07. The van der Waals surface area contributed by atoms with Crippen LogP contribution >= 0.6 is 0 Å². The number of phenols is 1. The molecule has 2 aromatic carbocycles. The van der Waals surface area contributed by atoms with Crippen LogP contribution in [0.5, 0.6) is 5.75 Å². The average Bonchev–Trinajstić information content (AvgIpc) is 3.38. The molecule has 5 heteroatoms. The van der Waals surface area contributed by atoms with E-state index in [9.17, 15) is 5.11 Å². The lowest BCUT2D eigenvalue weighted by atomic mass is 10.1. The highest BCUT2D eigenvalue weighted by Crippen LogP contribution is 2.26. The van der Waals surface area contributed by atoms with Crippen LogP contribution in [0.3, 0.4) is 0 Å². The largest absolute Gasteiger partial charge is 0.508 e. The van der Waals surface area contributed by atoms with E-state index in [1.54, 1.807) is 18.4 Å². The average molecular weight is 395 g/mol. The van der Waals surface area contributed by atoms with Crippen molar-refractivity contribution >= 4 is 5.65 Å². The van der Waals surface area contributed by atoms with Crippen LogP contribution in [0.2, 0.25) is 0 Å². The molecule has 0 spiro atoms. The Balaban J connectivity index is 1.66. The zero-order valence-electron chi connectivity index (χ0n) is 16.6. The predicted octanol–water partition coefficient (Wildman–Crippen LogP) is 5.18. The van der Waals surface area contributed by atoms with Crippen LogP contribution in [0.15, 0.2) is 83.6 Å². The summed E-state index contributed by atoms with van der Waals surface area (Å²) in [5.74, 6) is 1.13. The molecule has 0 saturated heterocycles. The minimum atomic E-state index is 0.240. The molecular formula is C25H21N3O2. The van der Waals surface area contributed by atoms with Crippen molar-refractivity contribution in [1.82, 2.24) is 14.4 Å². The highest BCUT2D eigenvalue weighted by atomic mass is 16.3. The smallest absolute Gasteiger partial charge is 0.159 e. The van der Waals surface area contributed by atoms with E-state index in [1.807, 2.05) is 48.7 Å². The summed E-state index contributed by atoms with van der Waals surface area (Å²) in [7, 11) is 0. The lowest BCUT2D eigenvalue weighted by Gasteiger charge is -2.09. The van der Waals surface area contributed by atoms with E-state index in [0.29, 0.717) is 12.8 Å². The van der Waals surface area contributed by atoms with Crippen molar-refractivity contribution < 1.29 is 9.52 Å². The van der Waals surface area contributed by atoms with Crippen LogP contribution in [0.4, 0.5) is 0 Å². The first-order valence-electron chi connectivity index (χ1n) is 9.90. The fourth-order valence-electron chi connectivity index (χ4n) is 3.69. The number of aromatic hydroxyl groups is 1. The van der Waals surface area contributed by atoms with Gasteiger partial charge < -0.3 is 13.9 Å². The summed E-state index contributed by atoms with van der Waals surface area (Å²) in [6, 6.07) is 21.3. The van der Waals surface area contributed by atoms with Gasteiger partial charge in [0.25, 0.3) is 0 Å². The lowest BCUT2D eigenvalue weighted by molar-refractivity contribution is 0.475. The van der Waals surface area contributed by atoms with Gasteiger partial charge in [0.05, 0.1) is 23.3 Å². The van der Waals surface area contributed by atoms with E-state index in [-0.39, 0.29) is 5.75 Å². The van der Waals surface area contributed by atoms with Crippen molar-refractivity contribution in [1.29, 1.82) is 0 Å². The lowest BCUT2D eigenvalue weighted by Crippen LogP contribution is -2.01. The fraction of sp³-hybridized carbons (Fsp3) is 0.120. The first-order chi connectivity index (χ1) is 14.7. The van der Waals surface area contributed by atoms with Crippen LogP contribution in [0, 0.1) is 6.92 Å². The monoisotopic (exact) mass is 395 g/mol. The standard InChI is InChI=1S/C25H21N3O2/c1-17-22(15-21-8-5-13-30-21)27-25-23(14-18-6-3-2-4-7-18)26-24(16-28(17)25)19-9-11-20(29)12-10-19/h2-13,16,29H,14-15H2,1H3. The number of rotatable bonds is 5. The van der Waals surface area contributed by atoms with Crippen LogP contribution in [-0.2, 0) is 12.8 Å². The number of aryl methyl sites for hydroxylation is 1. The van der Waals surface area contributed by atoms with Crippen molar-refractivity contribution in [2.24, 2.45) is 0 Å². The van der Waals surface area contributed by atoms with E-state index >= 15 is 0 Å². The minimum Gasteiger partial charge on any atom is -0.508 e. The van der Waals surface area contributed by atoms with Gasteiger partial charge in [0.2, 0.25) is 0 Å². The maximum Gasteiger partial charge on any atom is 0.159 e. The minimum absolute atomic E-state index is 0.240. The second-order valence-electron chi connectivity index (χ2n) is 7.38. The molecular weight excluding hydrogens is 374 g/mol. The molecule has 3 aromatic heterocycles. The molecule has 0 aliphatic carbocycles. The molecule has 0 aliphatic rings. The number of hydrogen-bond donors (Lipinski definition) is 1. The molecule has 0 bridgehead atoms. The van der Waals surface area contributed by atoms with Crippen molar-refractivity contribution in [2.45, 2.75) is 19.8 Å². The van der Waals surface area contributed by atoms with Gasteiger partial charge in [0.15, 0.2) is 5.65 Å². The van der Waals surface area contributed by atoms with Crippen molar-refractivity contribution in [3.05, 3.63) is 108 Å². The van der Waals surface area contributed by atoms with E-state index < -0.39 is 0 Å². The van der Waals surface area contributed by atoms with Crippen LogP contribution in [0.25, 0.3) is 16.9 Å². The molecule has 0 saturated carbocycles. The summed E-state index contributed by atoms with van der Waals surface area (Å²) in [5.41, 5.74) is 6.80. The Labute approximate surface area is 174 Å². The van der Waals surface area contributed by atoms with Gasteiger partial charge >= 0.3 is 0 Å². The van der Waals surface area contributed by atoms with E-state index in [0.717, 1.165) is 39.7 Å². The van der Waals surface area contributed by atoms with Crippen LogP contribution in [-0.4, -0.2) is 19.5 Å². The highest BCUT2D eigenvalue weighted by Gasteiger charge is 2.16. The Bertz CT molecular complexity index is 1290. The molecule has 0 atom stereocenters. The van der Waals surface area contributed by atoms with Crippen LogP contribution in [0.1, 0.15) is 28.4 Å². The molecule has 148 valence electrons. The molecule has 30 heavy (non-hydrogen) atoms. The zero-order chi connectivity index (χ0) is 20.5. The van der Waals surface area contributed by atoms with E-state index in [2.05, 4.69) is 23.5 Å². The number of aromatic nitrogens is 3. The molecule has 0 aliphatic heterocycles. The molecule has 0 unspecified atom stereocenters. The van der Waals surface area contributed by atoms with Gasteiger partial charge in [-0.05, 0) is 48.9 Å². The van der Waals surface area contributed by atoms with Gasteiger partial charge in [0, 0.05) is 30.3 Å². The maximum absolute atomic E-state index is 9.65. The number of phenolic OH excluding ortho intramolecular Hbond substituents is 1. The Morgan fingerprint density at radius 2 is 1.67 bits per heavy atom. The van der Waals surface area contributed by atoms with Gasteiger partial charge in [-0.2, -0.15) is 0 Å². The van der Waals surface area contributed by atoms with Gasteiger partial charge in [-0.25, -0.2) is 9.97 Å². The maximum atomic E-state index is 9.65. The molecule has 5 nitrogen and oxygen atoms in total. The summed E-state index contributed by atoms with van der Waals surface area (Å²) >= 11 is 0. The number of benzene rings is 2. The summed E-state index contributed by atoms with van der Waals surface area (Å²) in [4.78, 5) is 9.89. The van der Waals surface area contributed by atoms with E-state index in [4.69, 9.17) is 14.4 Å². The summed E-state index contributed by atoms with van der Waals surface area (Å²) in [6.07, 6.45) is 5.03. The Hall–Kier alpha value is -3.86. The second kappa shape index (κ2) is 7.52. The molecule has 0 fully saturated rings. The molecule has 1 N–H and O–H groups in total. The molecule has 5 aromatic rings. The van der Waals surface area contributed by atoms with Crippen molar-refractivity contribution in [3.63, 3.8) is 0 Å². The van der Waals surface area contributed by atoms with Crippen molar-refractivity contribution in [3.8, 4) is 17.0 Å². The summed E-state index contributed by atoms with van der Waals surface area (Å²) < 4.78 is 7.65. The number of imidazole rings is 1. The van der Waals surface area contributed by atoms with Crippen LogP contribution < -0.4 is 0 Å². The Morgan fingerprint density at radius 3 is 2.40 bits per heavy atom. The quantitative estimate of drug-likeness (QED) is 0.445. The van der Waals surface area contributed by atoms with Gasteiger partial charge in [-0.1, -0.05) is 30.3 Å². The van der Waals surface area contributed by atoms with Crippen molar-refractivity contribution in [2.75, 3.05) is 0 Å². The molecule has 5 rings (SSSR count). The predicted molar refractivity (Wildman–Crippen MR) is 116 cm³/mol. The number of furan rings is 1. The van der Waals surface area contributed by atoms with Gasteiger partial charge in [0.1, 0.15) is 11.5 Å². The first kappa shape index (κ1) is 18.2. The third-order valence-electron chi connectivity index (χ3n) is 5.31. The SMILES string of the molecule is Cc1c(Cc2ccco2)nc2c(Cc3ccccc3)nc(-c3ccc(O)cc3)cn12. The van der Waals surface area contributed by atoms with Gasteiger partial charge in [-0.15, -0.1) is 0 Å². The molecule has 0 amide bonds. The third-order valence-corrected chi connectivity index (χ3v) is 5.31. The second-order valence-corrected chi connectivity index (χ2v) is 7.38. The van der Waals surface area contributed by atoms with E-state index in [1.165, 1.54) is 5.56 Å². The third kappa shape index (κ3) is 3.46. The highest BCUT2D eigenvalue weighted by molar-refractivity contribution is 5.63. The molecule has 0 radical (unpaired) electrons. The Morgan fingerprint density at radius 1 is 0.867 bits per heavy atom. The zero-order valence-corrected chi connectivity index (χ0v) is 16.6. The number of nitrogens with zero attached hydrogens (tertiary/aromatic N) is 3. The topological polar surface area (TPSA) is 63.6 Å². The molecule has 3 heterocycles. The number of hydrogen-bond acceptors (Lipinski definition) is 4. The van der Waals surface area contributed by atoms with Gasteiger partial charge in [-0.3, -0.25) is 0 Å². The number of fused-ring (bicyclic) bond motifs is 1. The Kier molecular flexibility index (Phi) is 4.56. The summed E-state index contributed by atoms with van der Waals surface area (Å²) in [5, 5.41) is 9.65. The first-order valence-corrected chi connectivity index (χ1v) is 9.90. The normalized spacial score (nSPS) is 11.2.